The van der Waals surface area contributed by atoms with Crippen molar-refractivity contribution in [1.29, 1.82) is 0 Å². The Labute approximate surface area is 143 Å². The summed E-state index contributed by atoms with van der Waals surface area (Å²) in [5, 5.41) is 9.50. The van der Waals surface area contributed by atoms with Gasteiger partial charge in [0.15, 0.2) is 0 Å². The number of rotatable bonds is 9. The highest BCUT2D eigenvalue weighted by Gasteiger charge is 2.28. The van der Waals surface area contributed by atoms with E-state index in [1.54, 1.807) is 7.11 Å². The summed E-state index contributed by atoms with van der Waals surface area (Å²) in [4.78, 5) is 0. The molecule has 1 N–H and O–H groups in total. The zero-order valence-corrected chi connectivity index (χ0v) is 15.3. The number of hydrogen-bond donors (Lipinski definition) is 1. The van der Waals surface area contributed by atoms with E-state index in [0.29, 0.717) is 24.5 Å². The molecule has 0 aromatic carbocycles. The minimum atomic E-state index is 0.265. The van der Waals surface area contributed by atoms with Gasteiger partial charge in [-0.1, -0.05) is 19.8 Å². The van der Waals surface area contributed by atoms with Gasteiger partial charge in [-0.05, 0) is 69.1 Å². The van der Waals surface area contributed by atoms with Crippen LogP contribution in [0.1, 0.15) is 71.1 Å². The Balaban J connectivity index is 1.60. The van der Waals surface area contributed by atoms with Crippen molar-refractivity contribution in [3.05, 3.63) is 0 Å². The molecule has 0 aromatic heterocycles. The highest BCUT2D eigenvalue weighted by Crippen LogP contribution is 2.35. The summed E-state index contributed by atoms with van der Waals surface area (Å²) in [5.74, 6) is 2.67. The van der Waals surface area contributed by atoms with Crippen molar-refractivity contribution in [1.82, 2.24) is 0 Å². The van der Waals surface area contributed by atoms with E-state index >= 15 is 0 Å². The average molecular weight is 327 g/mol. The summed E-state index contributed by atoms with van der Waals surface area (Å²) < 4.78 is 11.5. The number of hydrogen-bond acceptors (Lipinski definition) is 3. The SMILES string of the molecule is CCCC1CCC(OCC2CCC(C(CO)COC)CC2)CC1. The van der Waals surface area contributed by atoms with Crippen LogP contribution in [0, 0.1) is 23.7 Å². The van der Waals surface area contributed by atoms with E-state index < -0.39 is 0 Å². The highest BCUT2D eigenvalue weighted by atomic mass is 16.5. The summed E-state index contributed by atoms with van der Waals surface area (Å²) >= 11 is 0. The molecule has 2 aliphatic rings. The van der Waals surface area contributed by atoms with Crippen molar-refractivity contribution in [2.24, 2.45) is 23.7 Å². The van der Waals surface area contributed by atoms with Crippen molar-refractivity contribution in [3.8, 4) is 0 Å². The molecule has 1 atom stereocenters. The van der Waals surface area contributed by atoms with Gasteiger partial charge < -0.3 is 14.6 Å². The van der Waals surface area contributed by atoms with Crippen LogP contribution in [0.4, 0.5) is 0 Å². The van der Waals surface area contributed by atoms with Gasteiger partial charge in [-0.2, -0.15) is 0 Å². The molecule has 2 rings (SSSR count). The van der Waals surface area contributed by atoms with Crippen molar-refractivity contribution >= 4 is 0 Å². The molecule has 2 fully saturated rings. The smallest absolute Gasteiger partial charge is 0.0575 e. The van der Waals surface area contributed by atoms with Gasteiger partial charge in [0, 0.05) is 26.2 Å². The van der Waals surface area contributed by atoms with E-state index in [1.165, 1.54) is 64.2 Å². The van der Waals surface area contributed by atoms with E-state index in [0.717, 1.165) is 18.4 Å². The van der Waals surface area contributed by atoms with Gasteiger partial charge in [0.1, 0.15) is 0 Å². The van der Waals surface area contributed by atoms with Crippen LogP contribution in [-0.2, 0) is 9.47 Å². The fraction of sp³-hybridized carbons (Fsp3) is 1.00. The number of aliphatic hydroxyl groups excluding tert-OH is 1. The zero-order chi connectivity index (χ0) is 16.5. The zero-order valence-electron chi connectivity index (χ0n) is 15.3. The molecule has 0 bridgehead atoms. The lowest BCUT2D eigenvalue weighted by atomic mass is 9.76. The van der Waals surface area contributed by atoms with Crippen molar-refractivity contribution in [2.45, 2.75) is 77.2 Å². The first-order valence-corrected chi connectivity index (χ1v) is 9.98. The molecule has 1 unspecified atom stereocenters. The Kier molecular flexibility index (Phi) is 8.92. The number of methoxy groups -OCH3 is 1. The van der Waals surface area contributed by atoms with Crippen LogP contribution in [0.25, 0.3) is 0 Å². The van der Waals surface area contributed by atoms with Crippen LogP contribution in [0.2, 0.25) is 0 Å². The molecule has 0 spiro atoms. The topological polar surface area (TPSA) is 38.7 Å². The fourth-order valence-corrected chi connectivity index (χ4v) is 4.65. The van der Waals surface area contributed by atoms with Crippen LogP contribution >= 0.6 is 0 Å². The Morgan fingerprint density at radius 3 is 2.17 bits per heavy atom. The second-order valence-electron chi connectivity index (χ2n) is 7.94. The number of aliphatic hydroxyl groups is 1. The van der Waals surface area contributed by atoms with E-state index in [2.05, 4.69) is 6.92 Å². The second kappa shape index (κ2) is 10.7. The molecular formula is C20H38O3. The van der Waals surface area contributed by atoms with E-state index in [9.17, 15) is 5.11 Å². The summed E-state index contributed by atoms with van der Waals surface area (Å²) in [6.07, 6.45) is 13.5. The molecule has 23 heavy (non-hydrogen) atoms. The van der Waals surface area contributed by atoms with Crippen molar-refractivity contribution in [3.63, 3.8) is 0 Å². The largest absolute Gasteiger partial charge is 0.396 e. The lowest BCUT2D eigenvalue weighted by molar-refractivity contribution is -0.0160. The van der Waals surface area contributed by atoms with E-state index in [4.69, 9.17) is 9.47 Å². The highest BCUT2D eigenvalue weighted by molar-refractivity contribution is 4.78. The first-order chi connectivity index (χ1) is 11.3. The van der Waals surface area contributed by atoms with Gasteiger partial charge >= 0.3 is 0 Å². The van der Waals surface area contributed by atoms with Gasteiger partial charge in [0.2, 0.25) is 0 Å². The van der Waals surface area contributed by atoms with Crippen LogP contribution in [0.15, 0.2) is 0 Å². The van der Waals surface area contributed by atoms with Crippen LogP contribution in [-0.4, -0.2) is 38.1 Å². The van der Waals surface area contributed by atoms with E-state index in [1.807, 2.05) is 0 Å². The summed E-state index contributed by atoms with van der Waals surface area (Å²) in [6, 6.07) is 0. The minimum absolute atomic E-state index is 0.265. The van der Waals surface area contributed by atoms with Crippen LogP contribution < -0.4 is 0 Å². The molecule has 2 aliphatic carbocycles. The first-order valence-electron chi connectivity index (χ1n) is 9.98. The van der Waals surface area contributed by atoms with Gasteiger partial charge in [-0.25, -0.2) is 0 Å². The van der Waals surface area contributed by atoms with Gasteiger partial charge in [-0.15, -0.1) is 0 Å². The maximum atomic E-state index is 9.50. The van der Waals surface area contributed by atoms with Crippen LogP contribution in [0.5, 0.6) is 0 Å². The molecule has 3 heteroatoms. The van der Waals surface area contributed by atoms with Gasteiger partial charge in [0.05, 0.1) is 12.7 Å². The fourth-order valence-electron chi connectivity index (χ4n) is 4.65. The Morgan fingerprint density at radius 2 is 1.61 bits per heavy atom. The van der Waals surface area contributed by atoms with E-state index in [-0.39, 0.29) is 6.61 Å². The minimum Gasteiger partial charge on any atom is -0.396 e. The Morgan fingerprint density at radius 1 is 0.957 bits per heavy atom. The quantitative estimate of drug-likeness (QED) is 0.681. The monoisotopic (exact) mass is 326 g/mol. The molecule has 2 saturated carbocycles. The molecule has 0 radical (unpaired) electrons. The summed E-state index contributed by atoms with van der Waals surface area (Å²) in [5.41, 5.74) is 0. The van der Waals surface area contributed by atoms with Gasteiger partial charge in [-0.3, -0.25) is 0 Å². The molecule has 0 aliphatic heterocycles. The maximum Gasteiger partial charge on any atom is 0.0575 e. The second-order valence-corrected chi connectivity index (χ2v) is 7.94. The summed E-state index contributed by atoms with van der Waals surface area (Å²) in [6.45, 7) is 4.22. The first kappa shape index (κ1) is 19.2. The summed E-state index contributed by atoms with van der Waals surface area (Å²) in [7, 11) is 1.73. The lowest BCUT2D eigenvalue weighted by Crippen LogP contribution is -2.30. The standard InChI is InChI=1S/C20H38O3/c1-3-4-16-7-11-20(12-8-16)23-14-17-5-9-18(10-6-17)19(13-21)15-22-2/h16-21H,3-15H2,1-2H3. The molecule has 3 nitrogen and oxygen atoms in total. The maximum absolute atomic E-state index is 9.50. The molecule has 0 aromatic rings. The Bertz CT molecular complexity index is 291. The third-order valence-corrected chi connectivity index (χ3v) is 6.23. The Hall–Kier alpha value is -0.120. The molecule has 136 valence electrons. The van der Waals surface area contributed by atoms with Crippen molar-refractivity contribution in [2.75, 3.05) is 26.9 Å². The van der Waals surface area contributed by atoms with Crippen LogP contribution in [0.3, 0.4) is 0 Å². The lowest BCUT2D eigenvalue weighted by Gasteiger charge is -2.34. The van der Waals surface area contributed by atoms with Gasteiger partial charge in [0.25, 0.3) is 0 Å². The predicted molar refractivity (Wildman–Crippen MR) is 94.5 cm³/mol. The molecular weight excluding hydrogens is 288 g/mol. The molecule has 0 saturated heterocycles. The average Bonchev–Trinajstić information content (AvgIpc) is 2.60. The number of ether oxygens (including phenoxy) is 2. The third-order valence-electron chi connectivity index (χ3n) is 6.23. The third kappa shape index (κ3) is 6.36. The van der Waals surface area contributed by atoms with Crippen molar-refractivity contribution < 1.29 is 14.6 Å². The molecule has 0 amide bonds. The molecule has 0 heterocycles. The predicted octanol–water partition coefficient (Wildman–Crippen LogP) is 4.42. The normalized spacial score (nSPS) is 33.5.